The molecule has 0 saturated heterocycles. The number of anilines is 1. The van der Waals surface area contributed by atoms with Crippen molar-refractivity contribution in [2.24, 2.45) is 0 Å². The first-order chi connectivity index (χ1) is 9.45. The molecule has 0 spiro atoms. The van der Waals surface area contributed by atoms with Crippen molar-refractivity contribution in [3.05, 3.63) is 15.8 Å². The van der Waals surface area contributed by atoms with Crippen molar-refractivity contribution in [1.82, 2.24) is 5.32 Å². The summed E-state index contributed by atoms with van der Waals surface area (Å²) < 4.78 is 5.13. The summed E-state index contributed by atoms with van der Waals surface area (Å²) in [6, 6.07) is 1.58. The quantitative estimate of drug-likeness (QED) is 0.598. The van der Waals surface area contributed by atoms with Crippen molar-refractivity contribution >= 4 is 28.9 Å². The number of nitrogens with two attached hydrogens (primary N) is 1. The maximum atomic E-state index is 11.9. The molecule has 1 aromatic heterocycles. The maximum Gasteiger partial charge on any atom is 0.349 e. The molecule has 112 valence electrons. The molecule has 0 fully saturated rings. The standard InChI is InChI=1S/C14H22N2O3S/c1-4-5-6-7-16-13(17)9(2)19-14(18)12-8-11(15)10(3)20-12/h8-9H,4-7,15H2,1-3H3,(H,16,17). The number of rotatable bonds is 7. The molecule has 6 heteroatoms. The average Bonchev–Trinajstić information content (AvgIpc) is 2.74. The minimum Gasteiger partial charge on any atom is -0.448 e. The first kappa shape index (κ1) is 16.5. The Kier molecular flexibility index (Phi) is 6.51. The first-order valence-electron chi connectivity index (χ1n) is 6.80. The molecule has 1 unspecified atom stereocenters. The number of hydrogen-bond acceptors (Lipinski definition) is 5. The summed E-state index contributed by atoms with van der Waals surface area (Å²) in [5.74, 6) is -0.776. The molecule has 0 radical (unpaired) electrons. The third-order valence-electron chi connectivity index (χ3n) is 2.89. The van der Waals surface area contributed by atoms with Crippen molar-refractivity contribution in [2.75, 3.05) is 12.3 Å². The third-order valence-corrected chi connectivity index (χ3v) is 3.94. The summed E-state index contributed by atoms with van der Waals surface area (Å²) in [6.07, 6.45) is 2.30. The molecule has 1 aromatic rings. The van der Waals surface area contributed by atoms with Gasteiger partial charge in [0.15, 0.2) is 6.10 Å². The highest BCUT2D eigenvalue weighted by atomic mass is 32.1. The van der Waals surface area contributed by atoms with Gasteiger partial charge < -0.3 is 15.8 Å². The van der Waals surface area contributed by atoms with E-state index >= 15 is 0 Å². The van der Waals surface area contributed by atoms with Gasteiger partial charge in [0, 0.05) is 17.1 Å². The summed E-state index contributed by atoms with van der Waals surface area (Å²) in [5.41, 5.74) is 6.25. The smallest absolute Gasteiger partial charge is 0.349 e. The van der Waals surface area contributed by atoms with Gasteiger partial charge in [0.05, 0.1) is 0 Å². The van der Waals surface area contributed by atoms with E-state index in [9.17, 15) is 9.59 Å². The zero-order valence-corrected chi connectivity index (χ0v) is 13.0. The van der Waals surface area contributed by atoms with E-state index in [2.05, 4.69) is 12.2 Å². The number of aryl methyl sites for hydroxylation is 1. The zero-order chi connectivity index (χ0) is 15.1. The molecular weight excluding hydrogens is 276 g/mol. The van der Waals surface area contributed by atoms with E-state index in [1.54, 1.807) is 13.0 Å². The minimum atomic E-state index is -0.798. The van der Waals surface area contributed by atoms with E-state index in [1.165, 1.54) is 11.3 Å². The largest absolute Gasteiger partial charge is 0.448 e. The van der Waals surface area contributed by atoms with Crippen LogP contribution in [0.15, 0.2) is 6.07 Å². The van der Waals surface area contributed by atoms with E-state index in [4.69, 9.17) is 10.5 Å². The van der Waals surface area contributed by atoms with Crippen molar-refractivity contribution < 1.29 is 14.3 Å². The molecule has 0 aromatic carbocycles. The molecule has 1 atom stereocenters. The van der Waals surface area contributed by atoms with E-state index in [0.29, 0.717) is 17.1 Å². The topological polar surface area (TPSA) is 81.4 Å². The molecule has 1 amide bonds. The lowest BCUT2D eigenvalue weighted by Crippen LogP contribution is -2.36. The number of nitrogen functional groups attached to an aromatic ring is 1. The van der Waals surface area contributed by atoms with Gasteiger partial charge >= 0.3 is 5.97 Å². The number of nitrogens with one attached hydrogen (secondary N) is 1. The Balaban J connectivity index is 2.42. The molecule has 0 aliphatic heterocycles. The summed E-state index contributed by atoms with van der Waals surface area (Å²) in [6.45, 7) is 6.11. The Hall–Kier alpha value is -1.56. The second-order valence-corrected chi connectivity index (χ2v) is 5.92. The predicted octanol–water partition coefficient (Wildman–Crippen LogP) is 2.49. The van der Waals surface area contributed by atoms with Gasteiger partial charge in [-0.05, 0) is 26.3 Å². The number of hydrogen-bond donors (Lipinski definition) is 2. The molecule has 20 heavy (non-hydrogen) atoms. The Morgan fingerprint density at radius 1 is 1.45 bits per heavy atom. The highest BCUT2D eigenvalue weighted by Gasteiger charge is 2.20. The van der Waals surface area contributed by atoms with Crippen molar-refractivity contribution in [2.45, 2.75) is 46.1 Å². The number of amides is 1. The van der Waals surface area contributed by atoms with Crippen LogP contribution in [-0.2, 0) is 9.53 Å². The van der Waals surface area contributed by atoms with Gasteiger partial charge in [-0.1, -0.05) is 19.8 Å². The Labute approximate surface area is 123 Å². The van der Waals surface area contributed by atoms with Gasteiger partial charge in [0.25, 0.3) is 5.91 Å². The summed E-state index contributed by atoms with van der Waals surface area (Å²) >= 11 is 1.27. The van der Waals surface area contributed by atoms with Crippen LogP contribution in [0.1, 0.15) is 47.7 Å². The zero-order valence-electron chi connectivity index (χ0n) is 12.2. The van der Waals surface area contributed by atoms with Gasteiger partial charge in [-0.2, -0.15) is 0 Å². The lowest BCUT2D eigenvalue weighted by atomic mass is 10.2. The van der Waals surface area contributed by atoms with Crippen molar-refractivity contribution in [3.8, 4) is 0 Å². The van der Waals surface area contributed by atoms with Gasteiger partial charge in [0.2, 0.25) is 0 Å². The lowest BCUT2D eigenvalue weighted by Gasteiger charge is -2.12. The number of carbonyl (C=O) groups excluding carboxylic acids is 2. The van der Waals surface area contributed by atoms with Crippen LogP contribution in [-0.4, -0.2) is 24.5 Å². The van der Waals surface area contributed by atoms with Crippen LogP contribution in [0.3, 0.4) is 0 Å². The first-order valence-corrected chi connectivity index (χ1v) is 7.62. The molecule has 0 saturated carbocycles. The number of thiophene rings is 1. The van der Waals surface area contributed by atoms with Crippen LogP contribution < -0.4 is 11.1 Å². The number of unbranched alkanes of at least 4 members (excludes halogenated alkanes) is 2. The van der Waals surface area contributed by atoms with Crippen LogP contribution >= 0.6 is 11.3 Å². The van der Waals surface area contributed by atoms with Crippen LogP contribution in [0.5, 0.6) is 0 Å². The van der Waals surface area contributed by atoms with Crippen molar-refractivity contribution in [3.63, 3.8) is 0 Å². The molecule has 3 N–H and O–H groups in total. The SMILES string of the molecule is CCCCCNC(=O)C(C)OC(=O)c1cc(N)c(C)s1. The van der Waals surface area contributed by atoms with Crippen LogP contribution in [0.2, 0.25) is 0 Å². The molecule has 0 bridgehead atoms. The molecule has 1 rings (SSSR count). The van der Waals surface area contributed by atoms with Gasteiger partial charge in [0.1, 0.15) is 4.88 Å². The number of esters is 1. The Morgan fingerprint density at radius 3 is 2.70 bits per heavy atom. The second-order valence-electron chi connectivity index (χ2n) is 4.67. The fraction of sp³-hybridized carbons (Fsp3) is 0.571. The summed E-state index contributed by atoms with van der Waals surface area (Å²) in [7, 11) is 0. The molecule has 1 heterocycles. The van der Waals surface area contributed by atoms with Crippen LogP contribution in [0, 0.1) is 6.92 Å². The van der Waals surface area contributed by atoms with Gasteiger partial charge in [-0.25, -0.2) is 4.79 Å². The number of carbonyl (C=O) groups is 2. The molecular formula is C14H22N2O3S. The second kappa shape index (κ2) is 7.89. The monoisotopic (exact) mass is 298 g/mol. The highest BCUT2D eigenvalue weighted by Crippen LogP contribution is 2.24. The molecule has 0 aliphatic carbocycles. The fourth-order valence-corrected chi connectivity index (χ4v) is 2.42. The van der Waals surface area contributed by atoms with E-state index < -0.39 is 12.1 Å². The Morgan fingerprint density at radius 2 is 2.15 bits per heavy atom. The normalized spacial score (nSPS) is 11.9. The molecule has 5 nitrogen and oxygen atoms in total. The maximum absolute atomic E-state index is 11.9. The third kappa shape index (κ3) is 4.85. The minimum absolute atomic E-state index is 0.268. The lowest BCUT2D eigenvalue weighted by molar-refractivity contribution is -0.129. The summed E-state index contributed by atoms with van der Waals surface area (Å²) in [4.78, 5) is 24.9. The summed E-state index contributed by atoms with van der Waals surface area (Å²) in [5, 5.41) is 2.75. The van der Waals surface area contributed by atoms with E-state index in [-0.39, 0.29) is 5.91 Å². The molecule has 0 aliphatic rings. The van der Waals surface area contributed by atoms with E-state index in [1.807, 2.05) is 6.92 Å². The van der Waals surface area contributed by atoms with Crippen LogP contribution in [0.4, 0.5) is 5.69 Å². The predicted molar refractivity (Wildman–Crippen MR) is 80.9 cm³/mol. The average molecular weight is 298 g/mol. The number of ether oxygens (including phenoxy) is 1. The van der Waals surface area contributed by atoms with Gasteiger partial charge in [-0.3, -0.25) is 4.79 Å². The fourth-order valence-electron chi connectivity index (χ4n) is 1.60. The van der Waals surface area contributed by atoms with E-state index in [0.717, 1.165) is 24.1 Å². The Bertz CT molecular complexity index is 451. The van der Waals surface area contributed by atoms with Crippen molar-refractivity contribution in [1.29, 1.82) is 0 Å². The van der Waals surface area contributed by atoms with Crippen LogP contribution in [0.25, 0.3) is 0 Å². The highest BCUT2D eigenvalue weighted by molar-refractivity contribution is 7.14. The van der Waals surface area contributed by atoms with Gasteiger partial charge in [-0.15, -0.1) is 11.3 Å².